The van der Waals surface area contributed by atoms with Crippen LogP contribution in [-0.2, 0) is 6.42 Å². The Morgan fingerprint density at radius 3 is 2.54 bits per heavy atom. The number of phenolic OH excluding ortho intramolecular Hbond substituents is 2. The number of hydrogen-bond acceptors (Lipinski definition) is 3. The molecule has 0 aliphatic heterocycles. The minimum atomic E-state index is -0.182. The maximum atomic E-state index is 9.19. The van der Waals surface area contributed by atoms with Crippen LogP contribution in [0.5, 0.6) is 11.5 Å². The highest BCUT2D eigenvalue weighted by atomic mass is 35.5. The fourth-order valence-corrected chi connectivity index (χ4v) is 1.30. The zero-order valence-corrected chi connectivity index (χ0v) is 8.10. The second-order valence-corrected chi connectivity index (χ2v) is 3.19. The molecule has 4 heteroatoms. The number of benzene rings is 1. The maximum Gasteiger partial charge on any atom is 0.158 e. The average molecular weight is 202 g/mol. The summed E-state index contributed by atoms with van der Waals surface area (Å²) in [6.07, 6.45) is 0.725. The van der Waals surface area contributed by atoms with Crippen molar-refractivity contribution in [2.24, 2.45) is 0 Å². The van der Waals surface area contributed by atoms with E-state index in [0.29, 0.717) is 5.02 Å². The van der Waals surface area contributed by atoms with Gasteiger partial charge in [-0.1, -0.05) is 11.6 Å². The molecule has 0 fully saturated rings. The van der Waals surface area contributed by atoms with Crippen molar-refractivity contribution in [2.45, 2.75) is 6.42 Å². The van der Waals surface area contributed by atoms with E-state index in [1.165, 1.54) is 12.1 Å². The number of phenols is 2. The van der Waals surface area contributed by atoms with Crippen molar-refractivity contribution in [3.8, 4) is 11.5 Å². The van der Waals surface area contributed by atoms with Crippen LogP contribution in [0.2, 0.25) is 5.02 Å². The second kappa shape index (κ2) is 4.35. The Morgan fingerprint density at radius 1 is 1.31 bits per heavy atom. The van der Waals surface area contributed by atoms with Crippen molar-refractivity contribution >= 4 is 11.6 Å². The highest BCUT2D eigenvalue weighted by molar-refractivity contribution is 6.31. The molecular weight excluding hydrogens is 190 g/mol. The van der Waals surface area contributed by atoms with Crippen molar-refractivity contribution in [3.63, 3.8) is 0 Å². The first kappa shape index (κ1) is 10.2. The molecule has 0 atom stereocenters. The molecule has 1 rings (SSSR count). The Kier molecular flexibility index (Phi) is 3.39. The van der Waals surface area contributed by atoms with Crippen LogP contribution in [0, 0.1) is 0 Å². The molecule has 0 amide bonds. The minimum absolute atomic E-state index is 0.129. The van der Waals surface area contributed by atoms with Gasteiger partial charge in [-0.05, 0) is 31.6 Å². The van der Waals surface area contributed by atoms with Gasteiger partial charge in [-0.3, -0.25) is 0 Å². The van der Waals surface area contributed by atoms with Gasteiger partial charge in [0.15, 0.2) is 11.5 Å². The molecule has 0 unspecified atom stereocenters. The lowest BCUT2D eigenvalue weighted by Crippen LogP contribution is -2.10. The van der Waals surface area contributed by atoms with Crippen molar-refractivity contribution in [1.29, 1.82) is 0 Å². The molecule has 1 aromatic rings. The summed E-state index contributed by atoms with van der Waals surface area (Å²) in [6.45, 7) is 0.782. The van der Waals surface area contributed by atoms with E-state index in [4.69, 9.17) is 16.7 Å². The van der Waals surface area contributed by atoms with Gasteiger partial charge in [-0.2, -0.15) is 0 Å². The van der Waals surface area contributed by atoms with E-state index in [9.17, 15) is 5.11 Å². The first-order valence-electron chi connectivity index (χ1n) is 4.00. The van der Waals surface area contributed by atoms with E-state index in [1.54, 1.807) is 0 Å². The lowest BCUT2D eigenvalue weighted by Gasteiger charge is -2.05. The molecule has 0 heterocycles. The fourth-order valence-electron chi connectivity index (χ4n) is 1.05. The SMILES string of the molecule is CNCCc1cc(O)c(O)cc1Cl. The second-order valence-electron chi connectivity index (χ2n) is 2.79. The third kappa shape index (κ3) is 2.50. The lowest BCUT2D eigenvalue weighted by atomic mass is 10.1. The number of likely N-dealkylation sites (N-methyl/N-ethyl adjacent to an activating group) is 1. The van der Waals surface area contributed by atoms with Gasteiger partial charge in [0, 0.05) is 11.1 Å². The highest BCUT2D eigenvalue weighted by Crippen LogP contribution is 2.31. The largest absolute Gasteiger partial charge is 0.504 e. The predicted molar refractivity (Wildman–Crippen MR) is 52.4 cm³/mol. The Bertz CT molecular complexity index is 302. The van der Waals surface area contributed by atoms with Crippen molar-refractivity contribution < 1.29 is 10.2 Å². The third-order valence-corrected chi connectivity index (χ3v) is 2.14. The summed E-state index contributed by atoms with van der Waals surface area (Å²) < 4.78 is 0. The van der Waals surface area contributed by atoms with Gasteiger partial charge in [0.2, 0.25) is 0 Å². The van der Waals surface area contributed by atoms with Gasteiger partial charge >= 0.3 is 0 Å². The van der Waals surface area contributed by atoms with Crippen LogP contribution in [0.15, 0.2) is 12.1 Å². The van der Waals surface area contributed by atoms with E-state index in [-0.39, 0.29) is 11.5 Å². The lowest BCUT2D eigenvalue weighted by molar-refractivity contribution is 0.403. The number of hydrogen-bond donors (Lipinski definition) is 3. The van der Waals surface area contributed by atoms with Gasteiger partial charge in [-0.15, -0.1) is 0 Å². The summed E-state index contributed by atoms with van der Waals surface area (Å²) in [5.74, 6) is -0.311. The van der Waals surface area contributed by atoms with Crippen molar-refractivity contribution in [2.75, 3.05) is 13.6 Å². The molecule has 3 nitrogen and oxygen atoms in total. The first-order chi connectivity index (χ1) is 6.15. The molecule has 3 N–H and O–H groups in total. The molecule has 0 bridgehead atoms. The Labute approximate surface area is 82.0 Å². The standard InChI is InChI=1S/C9H12ClNO2/c1-11-3-2-6-4-8(12)9(13)5-7(6)10/h4-5,11-13H,2-3H2,1H3. The van der Waals surface area contributed by atoms with Crippen LogP contribution < -0.4 is 5.32 Å². The van der Waals surface area contributed by atoms with E-state index >= 15 is 0 Å². The Balaban J connectivity index is 2.88. The molecule has 0 saturated carbocycles. The number of aromatic hydroxyl groups is 2. The van der Waals surface area contributed by atoms with Crippen molar-refractivity contribution in [1.82, 2.24) is 5.32 Å². The zero-order chi connectivity index (χ0) is 9.84. The minimum Gasteiger partial charge on any atom is -0.504 e. The van der Waals surface area contributed by atoms with Gasteiger partial charge in [0.05, 0.1) is 0 Å². The van der Waals surface area contributed by atoms with E-state index in [2.05, 4.69) is 5.32 Å². The average Bonchev–Trinajstić information content (AvgIpc) is 2.09. The fraction of sp³-hybridized carbons (Fsp3) is 0.333. The molecule has 0 aliphatic carbocycles. The number of nitrogens with one attached hydrogen (secondary N) is 1. The van der Waals surface area contributed by atoms with Crippen LogP contribution in [0.1, 0.15) is 5.56 Å². The molecule has 0 aromatic heterocycles. The molecule has 0 spiro atoms. The van der Waals surface area contributed by atoms with Crippen LogP contribution >= 0.6 is 11.6 Å². The van der Waals surface area contributed by atoms with Crippen LogP contribution in [-0.4, -0.2) is 23.8 Å². The number of rotatable bonds is 3. The highest BCUT2D eigenvalue weighted by Gasteiger charge is 2.05. The normalized spacial score (nSPS) is 10.3. The van der Waals surface area contributed by atoms with E-state index in [0.717, 1.165) is 18.5 Å². The van der Waals surface area contributed by atoms with Gasteiger partial charge in [0.25, 0.3) is 0 Å². The number of halogens is 1. The zero-order valence-electron chi connectivity index (χ0n) is 7.34. The smallest absolute Gasteiger partial charge is 0.158 e. The molecule has 0 radical (unpaired) electrons. The molecule has 1 aromatic carbocycles. The topological polar surface area (TPSA) is 52.5 Å². The summed E-state index contributed by atoms with van der Waals surface area (Å²) in [5, 5.41) is 21.7. The van der Waals surface area contributed by atoms with Gasteiger partial charge in [-0.25, -0.2) is 0 Å². The van der Waals surface area contributed by atoms with Crippen molar-refractivity contribution in [3.05, 3.63) is 22.7 Å². The quantitative estimate of drug-likeness (QED) is 0.650. The van der Waals surface area contributed by atoms with Crippen LogP contribution in [0.3, 0.4) is 0 Å². The monoisotopic (exact) mass is 201 g/mol. The summed E-state index contributed by atoms with van der Waals surface area (Å²) in [5.41, 5.74) is 0.825. The molecular formula is C9H12ClNO2. The Hall–Kier alpha value is -0.930. The summed E-state index contributed by atoms with van der Waals surface area (Å²) in [6, 6.07) is 2.83. The maximum absolute atomic E-state index is 9.19. The van der Waals surface area contributed by atoms with E-state index < -0.39 is 0 Å². The van der Waals surface area contributed by atoms with Gasteiger partial charge < -0.3 is 15.5 Å². The summed E-state index contributed by atoms with van der Waals surface area (Å²) >= 11 is 5.84. The van der Waals surface area contributed by atoms with Crippen LogP contribution in [0.25, 0.3) is 0 Å². The summed E-state index contributed by atoms with van der Waals surface area (Å²) in [4.78, 5) is 0. The predicted octanol–water partition coefficient (Wildman–Crippen LogP) is 1.51. The molecule has 0 saturated heterocycles. The molecule has 72 valence electrons. The summed E-state index contributed by atoms with van der Waals surface area (Å²) in [7, 11) is 1.84. The third-order valence-electron chi connectivity index (χ3n) is 1.79. The molecule has 0 aliphatic rings. The van der Waals surface area contributed by atoms with Gasteiger partial charge in [0.1, 0.15) is 0 Å². The first-order valence-corrected chi connectivity index (χ1v) is 4.38. The molecule has 13 heavy (non-hydrogen) atoms. The Morgan fingerprint density at radius 2 is 1.92 bits per heavy atom. The van der Waals surface area contributed by atoms with Crippen LogP contribution in [0.4, 0.5) is 0 Å². The van der Waals surface area contributed by atoms with E-state index in [1.807, 2.05) is 7.05 Å².